The van der Waals surface area contributed by atoms with E-state index in [2.05, 4.69) is 34.0 Å². The van der Waals surface area contributed by atoms with E-state index in [4.69, 9.17) is 0 Å². The van der Waals surface area contributed by atoms with Crippen LogP contribution >= 0.6 is 0 Å². The number of alkyl halides is 3. The van der Waals surface area contributed by atoms with Gasteiger partial charge in [-0.15, -0.1) is 15.3 Å². The molecule has 0 atom stereocenters. The van der Waals surface area contributed by atoms with Gasteiger partial charge in [0.15, 0.2) is 5.65 Å². The van der Waals surface area contributed by atoms with Gasteiger partial charge in [0.1, 0.15) is 5.82 Å². The molecule has 0 radical (unpaired) electrons. The van der Waals surface area contributed by atoms with Crippen molar-refractivity contribution in [1.29, 1.82) is 0 Å². The third kappa shape index (κ3) is 3.17. The lowest BCUT2D eigenvalue weighted by Gasteiger charge is -2.38. The van der Waals surface area contributed by atoms with Crippen LogP contribution in [0.25, 0.3) is 5.65 Å². The second-order valence-electron chi connectivity index (χ2n) is 6.45. The van der Waals surface area contributed by atoms with Crippen molar-refractivity contribution in [2.45, 2.75) is 44.9 Å². The van der Waals surface area contributed by atoms with Crippen molar-refractivity contribution >= 4 is 11.5 Å². The fraction of sp³-hybridized carbons (Fsp3) is 0.667. The molecule has 1 saturated heterocycles. The van der Waals surface area contributed by atoms with Gasteiger partial charge in [-0.3, -0.25) is 0 Å². The van der Waals surface area contributed by atoms with E-state index in [1.54, 1.807) is 6.07 Å². The zero-order valence-corrected chi connectivity index (χ0v) is 14.0. The zero-order chi connectivity index (χ0) is 17.5. The highest BCUT2D eigenvalue weighted by atomic mass is 19.4. The molecule has 3 heterocycles. The fourth-order valence-corrected chi connectivity index (χ4v) is 3.12. The van der Waals surface area contributed by atoms with Gasteiger partial charge in [0.25, 0.3) is 5.82 Å². The van der Waals surface area contributed by atoms with Gasteiger partial charge >= 0.3 is 6.18 Å². The van der Waals surface area contributed by atoms with Crippen LogP contribution in [-0.2, 0) is 6.18 Å². The number of hydrogen-bond donors (Lipinski definition) is 0. The number of aromatic nitrogens is 4. The van der Waals surface area contributed by atoms with Crippen molar-refractivity contribution in [1.82, 2.24) is 24.7 Å². The van der Waals surface area contributed by atoms with Crippen LogP contribution in [0.5, 0.6) is 0 Å². The molecule has 3 rings (SSSR count). The number of hydrogen-bond acceptors (Lipinski definition) is 5. The predicted molar refractivity (Wildman–Crippen MR) is 83.9 cm³/mol. The van der Waals surface area contributed by atoms with Crippen LogP contribution < -0.4 is 4.90 Å². The van der Waals surface area contributed by atoms with Crippen LogP contribution in [0.1, 0.15) is 32.5 Å². The number of likely N-dealkylation sites (tertiary alicyclic amines) is 1. The molecule has 1 aliphatic rings. The maximum Gasteiger partial charge on any atom is 0.453 e. The number of nitrogens with zero attached hydrogens (tertiary/aromatic N) is 6. The number of fused-ring (bicyclic) bond motifs is 1. The monoisotopic (exact) mass is 342 g/mol. The van der Waals surface area contributed by atoms with E-state index in [0.29, 0.717) is 11.9 Å². The van der Waals surface area contributed by atoms with E-state index in [1.165, 1.54) is 6.07 Å². The number of halogens is 3. The third-order valence-corrected chi connectivity index (χ3v) is 4.64. The molecule has 9 heteroatoms. The largest absolute Gasteiger partial charge is 0.453 e. The lowest BCUT2D eigenvalue weighted by Crippen LogP contribution is -2.46. The molecule has 0 aliphatic carbocycles. The molecule has 0 bridgehead atoms. The minimum absolute atomic E-state index is 0.0918. The van der Waals surface area contributed by atoms with Crippen LogP contribution in [0, 0.1) is 0 Å². The Labute approximate surface area is 138 Å². The minimum atomic E-state index is -4.58. The van der Waals surface area contributed by atoms with Crippen molar-refractivity contribution in [2.24, 2.45) is 0 Å². The molecule has 0 aromatic carbocycles. The van der Waals surface area contributed by atoms with Crippen molar-refractivity contribution < 1.29 is 13.2 Å². The van der Waals surface area contributed by atoms with Gasteiger partial charge in [-0.25, -0.2) is 0 Å². The van der Waals surface area contributed by atoms with Crippen LogP contribution in [0.3, 0.4) is 0 Å². The summed E-state index contributed by atoms with van der Waals surface area (Å²) in [6, 6.07) is 3.98. The summed E-state index contributed by atoms with van der Waals surface area (Å²) < 4.78 is 39.7. The Morgan fingerprint density at radius 3 is 2.42 bits per heavy atom. The highest BCUT2D eigenvalue weighted by molar-refractivity contribution is 5.46. The average molecular weight is 342 g/mol. The maximum atomic E-state index is 13.0. The molecule has 0 amide bonds. The molecule has 2 aromatic rings. The summed E-state index contributed by atoms with van der Waals surface area (Å²) in [5.74, 6) is -0.599. The molecular weight excluding hydrogens is 321 g/mol. The molecule has 0 spiro atoms. The van der Waals surface area contributed by atoms with E-state index in [9.17, 15) is 13.2 Å². The average Bonchev–Trinajstić information content (AvgIpc) is 2.97. The van der Waals surface area contributed by atoms with Gasteiger partial charge in [0, 0.05) is 32.2 Å². The lowest BCUT2D eigenvalue weighted by atomic mass is 10.0. The standard InChI is InChI=1S/C15H21F3N6/c1-10(2)23-8-6-11(7-9-23)22(3)13-5-4-12-19-20-14(15(16,17)18)24(12)21-13/h4-5,10-11H,6-9H2,1-3H3. The van der Waals surface area contributed by atoms with E-state index in [1.807, 2.05) is 11.9 Å². The molecule has 24 heavy (non-hydrogen) atoms. The Hall–Kier alpha value is -1.90. The van der Waals surface area contributed by atoms with E-state index in [-0.39, 0.29) is 11.7 Å². The van der Waals surface area contributed by atoms with Gasteiger partial charge in [-0.1, -0.05) is 0 Å². The smallest absolute Gasteiger partial charge is 0.355 e. The Balaban J connectivity index is 1.82. The molecule has 1 fully saturated rings. The van der Waals surface area contributed by atoms with Crippen LogP contribution in [0.2, 0.25) is 0 Å². The van der Waals surface area contributed by atoms with Crippen molar-refractivity contribution in [3.8, 4) is 0 Å². The van der Waals surface area contributed by atoms with Crippen molar-refractivity contribution in [2.75, 3.05) is 25.0 Å². The van der Waals surface area contributed by atoms with Gasteiger partial charge in [-0.2, -0.15) is 17.7 Å². The summed E-state index contributed by atoms with van der Waals surface area (Å²) in [6.07, 6.45) is -2.66. The van der Waals surface area contributed by atoms with Crippen LogP contribution in [0.15, 0.2) is 12.1 Å². The highest BCUT2D eigenvalue weighted by Crippen LogP contribution is 2.28. The molecule has 0 saturated carbocycles. The second-order valence-corrected chi connectivity index (χ2v) is 6.45. The highest BCUT2D eigenvalue weighted by Gasteiger charge is 2.38. The van der Waals surface area contributed by atoms with Crippen LogP contribution in [0.4, 0.5) is 19.0 Å². The Morgan fingerprint density at radius 1 is 1.17 bits per heavy atom. The summed E-state index contributed by atoms with van der Waals surface area (Å²) >= 11 is 0. The molecule has 1 aliphatic heterocycles. The molecule has 2 aromatic heterocycles. The molecule has 132 valence electrons. The van der Waals surface area contributed by atoms with E-state index >= 15 is 0 Å². The topological polar surface area (TPSA) is 49.6 Å². The van der Waals surface area contributed by atoms with E-state index in [0.717, 1.165) is 30.4 Å². The van der Waals surface area contributed by atoms with E-state index < -0.39 is 12.0 Å². The number of rotatable bonds is 3. The summed E-state index contributed by atoms with van der Waals surface area (Å²) in [6.45, 7) is 6.30. The maximum absolute atomic E-state index is 13.0. The zero-order valence-electron chi connectivity index (χ0n) is 14.0. The normalized spacial score (nSPS) is 17.8. The molecule has 0 N–H and O–H groups in total. The number of anilines is 1. The van der Waals surface area contributed by atoms with Gasteiger partial charge < -0.3 is 9.80 Å². The summed E-state index contributed by atoms with van der Waals surface area (Å²) in [5.41, 5.74) is 0.0918. The molecular formula is C15H21F3N6. The van der Waals surface area contributed by atoms with Crippen LogP contribution in [-0.4, -0.2) is 56.9 Å². The molecule has 6 nitrogen and oxygen atoms in total. The van der Waals surface area contributed by atoms with Gasteiger partial charge in [-0.05, 0) is 38.8 Å². The second kappa shape index (κ2) is 6.19. The van der Waals surface area contributed by atoms with Gasteiger partial charge in [0.05, 0.1) is 0 Å². The van der Waals surface area contributed by atoms with Crippen molar-refractivity contribution in [3.63, 3.8) is 0 Å². The predicted octanol–water partition coefficient (Wildman–Crippen LogP) is 2.45. The van der Waals surface area contributed by atoms with Crippen molar-refractivity contribution in [3.05, 3.63) is 18.0 Å². The quantitative estimate of drug-likeness (QED) is 0.858. The summed E-state index contributed by atoms with van der Waals surface area (Å²) in [4.78, 5) is 4.36. The van der Waals surface area contributed by atoms with Gasteiger partial charge in [0.2, 0.25) is 0 Å². The minimum Gasteiger partial charge on any atom is -0.355 e. The first kappa shape index (κ1) is 16.9. The third-order valence-electron chi connectivity index (χ3n) is 4.64. The summed E-state index contributed by atoms with van der Waals surface area (Å²) in [5, 5.41) is 10.9. The fourth-order valence-electron chi connectivity index (χ4n) is 3.12. The Kier molecular flexibility index (Phi) is 4.37. The molecule has 0 unspecified atom stereocenters. The lowest BCUT2D eigenvalue weighted by molar-refractivity contribution is -0.146. The Morgan fingerprint density at radius 2 is 1.83 bits per heavy atom. The SMILES string of the molecule is CC(C)N1CCC(N(C)c2ccc3nnc(C(F)(F)F)n3n2)CC1. The Bertz CT molecular complexity index is 703. The summed E-state index contributed by atoms with van der Waals surface area (Å²) in [7, 11) is 1.88. The number of piperidine rings is 1. The first-order valence-corrected chi connectivity index (χ1v) is 8.04. The first-order valence-electron chi connectivity index (χ1n) is 8.04. The first-order chi connectivity index (χ1) is 11.3.